The normalized spacial score (nSPS) is 23.8. The van der Waals surface area contributed by atoms with Crippen molar-refractivity contribution < 1.29 is 24.3 Å². The highest BCUT2D eigenvalue weighted by Gasteiger charge is 2.52. The van der Waals surface area contributed by atoms with E-state index in [2.05, 4.69) is 31.4 Å². The number of hydrogen-bond acceptors (Lipinski definition) is 9. The molecule has 0 radical (unpaired) electrons. The van der Waals surface area contributed by atoms with Crippen LogP contribution >= 0.6 is 51.4 Å². The van der Waals surface area contributed by atoms with Crippen molar-refractivity contribution in [2.75, 3.05) is 12.8 Å². The van der Waals surface area contributed by atoms with Crippen LogP contribution in [0.4, 0.5) is 5.13 Å². The minimum absolute atomic E-state index is 0. The van der Waals surface area contributed by atoms with E-state index < -0.39 is 29.2 Å². The Labute approximate surface area is 182 Å². The molecular weight excluding hydrogens is 498 g/mol. The first-order chi connectivity index (χ1) is 12.7. The number of carboxylic acid groups (broad SMARTS) is 1. The smallest absolute Gasteiger partial charge is 0.334 e. The summed E-state index contributed by atoms with van der Waals surface area (Å²) in [5, 5.41) is 15.0. The Kier molecular flexibility index (Phi) is 6.96. The molecule has 0 bridgehead atoms. The number of carboxylic acids is 1. The Hall–Kier alpha value is -1.83. The maximum Gasteiger partial charge on any atom is 0.334 e. The minimum Gasteiger partial charge on any atom is -0.478 e. The number of thiazole rings is 1. The zero-order chi connectivity index (χ0) is 19.9. The molecule has 1 aromatic rings. The number of hydrogen-bond donors (Lipinski definition) is 3. The molecule has 2 aliphatic rings. The second-order valence-electron chi connectivity index (χ2n) is 5.55. The molecule has 0 aromatic carbocycles. The highest BCUT2D eigenvalue weighted by molar-refractivity contribution is 9.11. The van der Waals surface area contributed by atoms with E-state index in [-0.39, 0.29) is 39.8 Å². The van der Waals surface area contributed by atoms with Crippen molar-refractivity contribution in [3.05, 3.63) is 21.3 Å². The summed E-state index contributed by atoms with van der Waals surface area (Å²) in [6, 6.07) is -0.812. The first kappa shape index (κ1) is 22.5. The van der Waals surface area contributed by atoms with Gasteiger partial charge in [-0.25, -0.2) is 9.78 Å². The lowest BCUT2D eigenvalue weighted by atomic mass is 10.1. The molecule has 2 unspecified atom stereocenters. The van der Waals surface area contributed by atoms with Gasteiger partial charge in [-0.2, -0.15) is 0 Å². The molecule has 152 valence electrons. The van der Waals surface area contributed by atoms with Crippen molar-refractivity contribution in [3.63, 3.8) is 0 Å². The van der Waals surface area contributed by atoms with E-state index in [1.807, 2.05) is 0 Å². The lowest BCUT2D eigenvalue weighted by Gasteiger charge is -2.48. The van der Waals surface area contributed by atoms with Crippen LogP contribution in [0.2, 0.25) is 0 Å². The molecule has 2 amide bonds. The number of fused-ring (bicyclic) bond motifs is 1. The molecule has 1 fully saturated rings. The molecule has 10 nitrogen and oxygen atoms in total. The van der Waals surface area contributed by atoms with Crippen LogP contribution < -0.4 is 11.1 Å². The lowest BCUT2D eigenvalue weighted by molar-refractivity contribution is -0.144. The van der Waals surface area contributed by atoms with Gasteiger partial charge in [0.15, 0.2) is 10.8 Å². The predicted molar refractivity (Wildman–Crippen MR) is 110 cm³/mol. The summed E-state index contributed by atoms with van der Waals surface area (Å²) in [6.45, 7) is 1.73. The number of nitrogen functional groups attached to an aromatic ring is 1. The molecular formula is C14H15BrClN5O5S2. The maximum absolute atomic E-state index is 12.7. The van der Waals surface area contributed by atoms with E-state index in [1.165, 1.54) is 30.0 Å². The van der Waals surface area contributed by atoms with Crippen LogP contribution in [0.3, 0.4) is 0 Å². The number of nitrogens with one attached hydrogen (secondary N) is 1. The van der Waals surface area contributed by atoms with Crippen molar-refractivity contribution in [1.82, 2.24) is 15.2 Å². The topological polar surface area (TPSA) is 147 Å². The van der Waals surface area contributed by atoms with Crippen molar-refractivity contribution in [1.29, 1.82) is 0 Å². The SMILES string of the molecule is CON=C(C(=O)NC1C(=O)N2C=C(C(=O)O)C(C)S[C@H]12)c1nc(N)sc1Br.Cl. The molecule has 3 heterocycles. The standard InChI is InChI=1S/C14H14BrN5O5S2.ClH/c1-4-5(13(23)24)3-20-11(22)8(12(20)26-4)17-10(21)7(19-25-2)6-9(15)27-14(16)18-6;/h3-4,8,12H,1-2H3,(H2,16,18)(H,17,21)(H,23,24);1H/t4?,8?,12-;/m1./s1. The van der Waals surface area contributed by atoms with Crippen LogP contribution in [0.5, 0.6) is 0 Å². The number of oxime groups is 1. The zero-order valence-electron chi connectivity index (χ0n) is 14.4. The van der Waals surface area contributed by atoms with Gasteiger partial charge in [-0.3, -0.25) is 9.59 Å². The number of anilines is 1. The summed E-state index contributed by atoms with van der Waals surface area (Å²) < 4.78 is 0.502. The minimum atomic E-state index is -1.07. The number of rotatable bonds is 5. The van der Waals surface area contributed by atoms with Gasteiger partial charge in [-0.1, -0.05) is 16.5 Å². The Morgan fingerprint density at radius 3 is 2.71 bits per heavy atom. The Bertz CT molecular complexity index is 891. The van der Waals surface area contributed by atoms with Gasteiger partial charge in [0.2, 0.25) is 0 Å². The van der Waals surface area contributed by atoms with E-state index in [0.29, 0.717) is 3.79 Å². The molecule has 2 aliphatic heterocycles. The molecule has 1 saturated heterocycles. The average Bonchev–Trinajstić information content (AvgIpc) is 2.94. The first-order valence-corrected chi connectivity index (χ1v) is 10.1. The van der Waals surface area contributed by atoms with E-state index in [1.54, 1.807) is 6.92 Å². The number of aromatic nitrogens is 1. The van der Waals surface area contributed by atoms with Crippen molar-refractivity contribution in [3.8, 4) is 0 Å². The number of thioether (sulfide) groups is 1. The van der Waals surface area contributed by atoms with Crippen LogP contribution in [0.25, 0.3) is 0 Å². The summed E-state index contributed by atoms with van der Waals surface area (Å²) in [5.41, 5.74) is 5.86. The number of halogens is 2. The van der Waals surface area contributed by atoms with Gasteiger partial charge in [-0.05, 0) is 22.9 Å². The quantitative estimate of drug-likeness (QED) is 0.301. The fourth-order valence-corrected chi connectivity index (χ4v) is 5.32. The fourth-order valence-electron chi connectivity index (χ4n) is 2.62. The van der Waals surface area contributed by atoms with Gasteiger partial charge in [-0.15, -0.1) is 24.2 Å². The third-order valence-electron chi connectivity index (χ3n) is 3.90. The molecule has 28 heavy (non-hydrogen) atoms. The fraction of sp³-hybridized carbons (Fsp3) is 0.357. The van der Waals surface area contributed by atoms with E-state index in [0.717, 1.165) is 11.3 Å². The largest absolute Gasteiger partial charge is 0.478 e. The molecule has 14 heteroatoms. The highest BCUT2D eigenvalue weighted by Crippen LogP contribution is 2.40. The van der Waals surface area contributed by atoms with Crippen LogP contribution in [0, 0.1) is 0 Å². The molecule has 0 spiro atoms. The van der Waals surface area contributed by atoms with Crippen LogP contribution in [0.15, 0.2) is 20.7 Å². The average molecular weight is 513 g/mol. The maximum atomic E-state index is 12.7. The number of carbonyl (C=O) groups is 3. The van der Waals surface area contributed by atoms with E-state index in [4.69, 9.17) is 10.6 Å². The van der Waals surface area contributed by atoms with E-state index in [9.17, 15) is 19.5 Å². The second kappa shape index (κ2) is 8.68. The monoisotopic (exact) mass is 511 g/mol. The van der Waals surface area contributed by atoms with Crippen molar-refractivity contribution in [2.24, 2.45) is 5.16 Å². The third kappa shape index (κ3) is 3.97. The molecule has 3 rings (SSSR count). The number of carbonyl (C=O) groups excluding carboxylic acids is 2. The number of nitrogens with two attached hydrogens (primary N) is 1. The second-order valence-corrected chi connectivity index (χ2v) is 9.36. The third-order valence-corrected chi connectivity index (χ3v) is 6.87. The zero-order valence-corrected chi connectivity index (χ0v) is 18.4. The summed E-state index contributed by atoms with van der Waals surface area (Å²) in [6.07, 6.45) is 1.32. The van der Waals surface area contributed by atoms with Crippen molar-refractivity contribution >= 4 is 80.1 Å². The van der Waals surface area contributed by atoms with Gasteiger partial charge >= 0.3 is 5.97 Å². The Morgan fingerprint density at radius 2 is 2.18 bits per heavy atom. The summed E-state index contributed by atoms with van der Waals surface area (Å²) in [7, 11) is 1.28. The van der Waals surface area contributed by atoms with Gasteiger partial charge in [0.25, 0.3) is 11.8 Å². The molecule has 3 atom stereocenters. The summed E-state index contributed by atoms with van der Waals surface area (Å²) >= 11 is 5.67. The Morgan fingerprint density at radius 1 is 1.50 bits per heavy atom. The Balaban J connectivity index is 0.00000280. The molecule has 0 aliphatic carbocycles. The number of aliphatic carboxylic acids is 1. The van der Waals surface area contributed by atoms with Crippen LogP contribution in [0.1, 0.15) is 12.6 Å². The van der Waals surface area contributed by atoms with Gasteiger partial charge in [0, 0.05) is 11.4 Å². The summed E-state index contributed by atoms with van der Waals surface area (Å²) in [5.74, 6) is -2.13. The molecule has 4 N–H and O–H groups in total. The lowest BCUT2D eigenvalue weighted by Crippen LogP contribution is -2.69. The molecule has 0 saturated carbocycles. The van der Waals surface area contributed by atoms with Crippen LogP contribution in [-0.4, -0.2) is 62.3 Å². The van der Waals surface area contributed by atoms with Gasteiger partial charge in [0.05, 0.1) is 5.57 Å². The summed E-state index contributed by atoms with van der Waals surface area (Å²) in [4.78, 5) is 46.3. The molecule has 1 aromatic heterocycles. The van der Waals surface area contributed by atoms with Gasteiger partial charge in [0.1, 0.15) is 28.0 Å². The number of β-lactam (4-membered cyclic amide) rings is 1. The van der Waals surface area contributed by atoms with Crippen LogP contribution in [-0.2, 0) is 19.2 Å². The van der Waals surface area contributed by atoms with Gasteiger partial charge < -0.3 is 25.9 Å². The highest BCUT2D eigenvalue weighted by atomic mass is 79.9. The number of amides is 2. The van der Waals surface area contributed by atoms with E-state index >= 15 is 0 Å². The number of nitrogens with zero attached hydrogens (tertiary/aromatic N) is 3. The predicted octanol–water partition coefficient (Wildman–Crippen LogP) is 1.02. The first-order valence-electron chi connectivity index (χ1n) is 7.51. The van der Waals surface area contributed by atoms with Crippen molar-refractivity contribution in [2.45, 2.75) is 23.6 Å².